The Morgan fingerprint density at radius 3 is 2.50 bits per heavy atom. The normalized spacial score (nSPS) is 16.9. The fourth-order valence-corrected chi connectivity index (χ4v) is 3.69. The van der Waals surface area contributed by atoms with Crippen LogP contribution in [0.3, 0.4) is 0 Å². The van der Waals surface area contributed by atoms with Crippen molar-refractivity contribution in [2.75, 3.05) is 12.3 Å². The zero-order valence-corrected chi connectivity index (χ0v) is 17.7. The molecule has 3 rings (SSSR count). The molecule has 0 saturated heterocycles. The van der Waals surface area contributed by atoms with E-state index in [0.717, 1.165) is 28.1 Å². The topological polar surface area (TPSA) is 51.2 Å². The van der Waals surface area contributed by atoms with Gasteiger partial charge in [0.2, 0.25) is 0 Å². The molecule has 0 radical (unpaired) electrons. The molecule has 1 aliphatic rings. The molecule has 3 N–H and O–H groups in total. The van der Waals surface area contributed by atoms with Crippen molar-refractivity contribution in [1.82, 2.24) is 4.57 Å². The molecule has 1 unspecified atom stereocenters. The first kappa shape index (κ1) is 23.8. The standard InChI is InChI=1S/C21H25F3N2O.C3H6/c1-14(13-27)9-10-26-19-4-2-3-17(21(22,23)24)11-16(19)12-20(26)15-5-7-18(25)8-6-15;1-3-2/h5-9,12,17,27H,2-4,10-11,13,25H2,1H3;3H,1H2,2H3/b14-9+;. The van der Waals surface area contributed by atoms with E-state index >= 15 is 0 Å². The van der Waals surface area contributed by atoms with Gasteiger partial charge < -0.3 is 15.4 Å². The number of halogens is 3. The first-order valence-electron chi connectivity index (χ1n) is 10.2. The van der Waals surface area contributed by atoms with Gasteiger partial charge in [-0.1, -0.05) is 29.9 Å². The predicted octanol–water partition coefficient (Wildman–Crippen LogP) is 5.93. The molecular formula is C24H31F3N2O. The van der Waals surface area contributed by atoms with Crippen LogP contribution in [0, 0.1) is 5.92 Å². The number of nitrogen functional groups attached to an aromatic ring is 1. The second kappa shape index (κ2) is 10.5. The maximum atomic E-state index is 13.3. The number of aromatic nitrogens is 1. The Balaban J connectivity index is 0.00000101. The van der Waals surface area contributed by atoms with Gasteiger partial charge in [0.25, 0.3) is 0 Å². The molecule has 1 atom stereocenters. The molecule has 0 fully saturated rings. The van der Waals surface area contributed by atoms with Crippen LogP contribution in [0.5, 0.6) is 0 Å². The van der Waals surface area contributed by atoms with Crippen molar-refractivity contribution in [3.63, 3.8) is 0 Å². The predicted molar refractivity (Wildman–Crippen MR) is 117 cm³/mol. The van der Waals surface area contributed by atoms with Crippen molar-refractivity contribution in [2.45, 2.75) is 52.3 Å². The summed E-state index contributed by atoms with van der Waals surface area (Å²) in [5.41, 5.74) is 10.8. The fraction of sp³-hybridized carbons (Fsp3) is 0.417. The molecule has 0 amide bonds. The van der Waals surface area contributed by atoms with Crippen LogP contribution in [0.4, 0.5) is 18.9 Å². The van der Waals surface area contributed by atoms with E-state index in [0.29, 0.717) is 25.1 Å². The molecule has 1 aromatic carbocycles. The van der Waals surface area contributed by atoms with Crippen LogP contribution in [-0.4, -0.2) is 22.5 Å². The minimum Gasteiger partial charge on any atom is -0.399 e. The van der Waals surface area contributed by atoms with Crippen molar-refractivity contribution in [1.29, 1.82) is 0 Å². The lowest BCUT2D eigenvalue weighted by Gasteiger charge is -2.17. The SMILES string of the molecule is C/C(=C\Cn1c(-c2ccc(N)cc2)cc2c1CCCC(C(F)(F)F)C2)CO.C=CC. The molecule has 30 heavy (non-hydrogen) atoms. The summed E-state index contributed by atoms with van der Waals surface area (Å²) >= 11 is 0. The average Bonchev–Trinajstić information content (AvgIpc) is 2.88. The van der Waals surface area contributed by atoms with E-state index in [-0.39, 0.29) is 19.4 Å². The zero-order valence-electron chi connectivity index (χ0n) is 17.7. The number of hydrogen-bond donors (Lipinski definition) is 2. The summed E-state index contributed by atoms with van der Waals surface area (Å²) in [6.45, 7) is 7.58. The van der Waals surface area contributed by atoms with E-state index in [9.17, 15) is 18.3 Å². The minimum absolute atomic E-state index is 0.0243. The highest BCUT2D eigenvalue weighted by Gasteiger charge is 2.40. The van der Waals surface area contributed by atoms with Crippen LogP contribution >= 0.6 is 0 Å². The van der Waals surface area contributed by atoms with Crippen LogP contribution in [0.25, 0.3) is 11.3 Å². The Labute approximate surface area is 176 Å². The summed E-state index contributed by atoms with van der Waals surface area (Å²) in [6.07, 6.45) is 0.844. The third-order valence-electron chi connectivity index (χ3n) is 5.27. The zero-order chi connectivity index (χ0) is 22.3. The van der Waals surface area contributed by atoms with E-state index in [4.69, 9.17) is 5.73 Å². The number of nitrogens with zero attached hydrogens (tertiary/aromatic N) is 1. The fourth-order valence-electron chi connectivity index (χ4n) is 3.69. The molecule has 6 heteroatoms. The monoisotopic (exact) mass is 420 g/mol. The number of alkyl halides is 3. The summed E-state index contributed by atoms with van der Waals surface area (Å²) < 4.78 is 42.1. The Bertz CT molecular complexity index is 864. The number of hydrogen-bond acceptors (Lipinski definition) is 2. The van der Waals surface area contributed by atoms with E-state index in [2.05, 4.69) is 11.1 Å². The number of rotatable bonds is 4. The molecule has 0 aliphatic heterocycles. The molecule has 3 nitrogen and oxygen atoms in total. The molecule has 1 heterocycles. The largest absolute Gasteiger partial charge is 0.399 e. The van der Waals surface area contributed by atoms with Crippen LogP contribution in [-0.2, 0) is 19.4 Å². The number of nitrogens with two attached hydrogens (primary N) is 1. The third-order valence-corrected chi connectivity index (χ3v) is 5.27. The van der Waals surface area contributed by atoms with Crippen molar-refractivity contribution in [3.8, 4) is 11.3 Å². The van der Waals surface area contributed by atoms with E-state index < -0.39 is 12.1 Å². The quantitative estimate of drug-likeness (QED) is 0.366. The molecule has 2 aromatic rings. The smallest absolute Gasteiger partial charge is 0.392 e. The molecule has 1 aliphatic carbocycles. The number of allylic oxidation sites excluding steroid dienone is 2. The van der Waals surface area contributed by atoms with Crippen molar-refractivity contribution < 1.29 is 18.3 Å². The van der Waals surface area contributed by atoms with E-state index in [1.807, 2.05) is 38.1 Å². The van der Waals surface area contributed by atoms with Gasteiger partial charge in [-0.05, 0) is 68.9 Å². The van der Waals surface area contributed by atoms with Crippen molar-refractivity contribution in [2.24, 2.45) is 5.92 Å². The number of anilines is 1. The second-order valence-corrected chi connectivity index (χ2v) is 7.69. The first-order valence-corrected chi connectivity index (χ1v) is 10.2. The Morgan fingerprint density at radius 2 is 1.93 bits per heavy atom. The molecule has 0 spiro atoms. The van der Waals surface area contributed by atoms with Crippen LogP contribution < -0.4 is 5.73 Å². The van der Waals surface area contributed by atoms with Crippen LogP contribution in [0.15, 0.2) is 54.6 Å². The summed E-state index contributed by atoms with van der Waals surface area (Å²) in [7, 11) is 0. The van der Waals surface area contributed by atoms with E-state index in [1.165, 1.54) is 0 Å². The third kappa shape index (κ3) is 6.02. The first-order chi connectivity index (χ1) is 14.2. The summed E-state index contributed by atoms with van der Waals surface area (Å²) in [5.74, 6) is -1.29. The van der Waals surface area contributed by atoms with Crippen LogP contribution in [0.2, 0.25) is 0 Å². The highest BCUT2D eigenvalue weighted by molar-refractivity contribution is 5.65. The Hall–Kier alpha value is -2.47. The van der Waals surface area contributed by atoms with Crippen molar-refractivity contribution in [3.05, 3.63) is 65.9 Å². The summed E-state index contributed by atoms with van der Waals surface area (Å²) in [6, 6.07) is 9.28. The number of aliphatic hydroxyl groups is 1. The molecule has 164 valence electrons. The molecular weight excluding hydrogens is 389 g/mol. The maximum absolute atomic E-state index is 13.3. The van der Waals surface area contributed by atoms with Gasteiger partial charge in [-0.3, -0.25) is 0 Å². The van der Waals surface area contributed by atoms with Gasteiger partial charge in [0.1, 0.15) is 0 Å². The van der Waals surface area contributed by atoms with Crippen LogP contribution in [0.1, 0.15) is 37.9 Å². The highest BCUT2D eigenvalue weighted by atomic mass is 19.4. The molecule has 0 bridgehead atoms. The summed E-state index contributed by atoms with van der Waals surface area (Å²) in [4.78, 5) is 0. The maximum Gasteiger partial charge on any atom is 0.392 e. The van der Waals surface area contributed by atoms with Gasteiger partial charge in [0.05, 0.1) is 12.5 Å². The highest BCUT2D eigenvalue weighted by Crippen LogP contribution is 2.39. The van der Waals surface area contributed by atoms with Gasteiger partial charge in [-0.2, -0.15) is 13.2 Å². The van der Waals surface area contributed by atoms with Gasteiger partial charge in [-0.25, -0.2) is 0 Å². The number of fused-ring (bicyclic) bond motifs is 1. The van der Waals surface area contributed by atoms with Crippen molar-refractivity contribution >= 4 is 5.69 Å². The van der Waals surface area contributed by atoms with E-state index in [1.54, 1.807) is 18.2 Å². The summed E-state index contributed by atoms with van der Waals surface area (Å²) in [5, 5.41) is 9.27. The van der Waals surface area contributed by atoms with Gasteiger partial charge >= 0.3 is 6.18 Å². The number of benzene rings is 1. The van der Waals surface area contributed by atoms with Gasteiger partial charge in [0, 0.05) is 23.6 Å². The Morgan fingerprint density at radius 1 is 1.30 bits per heavy atom. The lowest BCUT2D eigenvalue weighted by Crippen LogP contribution is -2.24. The lowest BCUT2D eigenvalue weighted by molar-refractivity contribution is -0.175. The average molecular weight is 421 g/mol. The Kier molecular flexibility index (Phi) is 8.35. The number of aliphatic hydroxyl groups excluding tert-OH is 1. The lowest BCUT2D eigenvalue weighted by atomic mass is 9.97. The second-order valence-electron chi connectivity index (χ2n) is 7.69. The molecule has 0 saturated carbocycles. The van der Waals surface area contributed by atoms with Gasteiger partial charge in [-0.15, -0.1) is 6.58 Å². The van der Waals surface area contributed by atoms with Gasteiger partial charge in [0.15, 0.2) is 0 Å². The molecule has 1 aromatic heterocycles. The minimum atomic E-state index is -4.17.